The molecule has 0 N–H and O–H groups in total. The molecule has 2 saturated heterocycles. The van der Waals surface area contributed by atoms with Gasteiger partial charge in [-0.05, 0) is 38.5 Å². The number of carbonyl (C=O) groups is 2. The van der Waals surface area contributed by atoms with Crippen molar-refractivity contribution in [2.75, 3.05) is 24.6 Å². The van der Waals surface area contributed by atoms with Gasteiger partial charge in [0.1, 0.15) is 0 Å². The van der Waals surface area contributed by atoms with Gasteiger partial charge < -0.3 is 19.8 Å². The van der Waals surface area contributed by atoms with Crippen LogP contribution in [0.25, 0.3) is 0 Å². The van der Waals surface area contributed by atoms with Crippen LogP contribution in [-0.4, -0.2) is 74.1 Å². The Labute approximate surface area is 211 Å². The minimum Gasteiger partial charge on any atom is -0.548 e. The number of carboxylic acids is 2. The predicted octanol–water partition coefficient (Wildman–Crippen LogP) is -0.561. The van der Waals surface area contributed by atoms with Gasteiger partial charge in [0.05, 0.1) is 35.5 Å². The normalized spacial score (nSPS) is 21.8. The summed E-state index contributed by atoms with van der Waals surface area (Å²) in [6, 6.07) is -1.90. The Hall–Kier alpha value is -0.617. The number of carboxylic acid groups (broad SMARTS) is 2. The summed E-state index contributed by atoms with van der Waals surface area (Å²) in [6.07, 6.45) is 6.72. The largest absolute Gasteiger partial charge is 2.00 e. The first-order valence-corrected chi connectivity index (χ1v) is 14.6. The van der Waals surface area contributed by atoms with E-state index in [-0.39, 0.29) is 31.0 Å². The first kappa shape index (κ1) is 32.4. The molecule has 0 aromatic heterocycles. The molecule has 13 heteroatoms. The molecule has 0 aromatic rings. The summed E-state index contributed by atoms with van der Waals surface area (Å²) in [5, 5.41) is 21.5. The molecule has 1 radical (unpaired) electrons. The Balaban J connectivity index is 0.000000602. The molecule has 0 spiro atoms. The molecular weight excluding hydrogens is 563 g/mol. The molecule has 2 heterocycles. The third kappa shape index (κ3) is 10.3. The average Bonchev–Trinajstić information content (AvgIpc) is 3.39. The number of carbonyl (C=O) groups excluding carboxylic acids is 2. The smallest absolute Gasteiger partial charge is 0.548 e. The van der Waals surface area contributed by atoms with E-state index >= 15 is 0 Å². The molecule has 33 heavy (non-hydrogen) atoms. The Morgan fingerprint density at radius 1 is 0.727 bits per heavy atom. The van der Waals surface area contributed by atoms with Gasteiger partial charge in [-0.15, -0.1) is 0 Å². The number of hydrogen-bond donors (Lipinski definition) is 0. The van der Waals surface area contributed by atoms with E-state index in [0.717, 1.165) is 34.3 Å². The standard InChI is InChI=1S/2C10H19NO4S.Rh/c2*1-2-3-4-8-16(14,15)11-7-5-6-9(11)10(12)13;/h2*9H,2-8H2,1H3,(H,12,13);/q;;+2/p-2/t2*9-;/m00./s1. The number of rotatable bonds is 12. The summed E-state index contributed by atoms with van der Waals surface area (Å²) in [4.78, 5) is 21.5. The zero-order valence-electron chi connectivity index (χ0n) is 19.4. The van der Waals surface area contributed by atoms with Crippen molar-refractivity contribution in [1.29, 1.82) is 0 Å². The number of sulfonamides is 2. The SMILES string of the molecule is CCCCCS(=O)(=O)N1CCC[C@H]1C(=O)[O-].CCCCCS(=O)(=O)N1CCC[C@H]1C(=O)[O-].[Rh+2]. The van der Waals surface area contributed by atoms with E-state index in [1.54, 1.807) is 0 Å². The van der Waals surface area contributed by atoms with Crippen LogP contribution in [0, 0.1) is 0 Å². The second-order valence-electron chi connectivity index (χ2n) is 8.22. The maximum absolute atomic E-state index is 11.9. The van der Waals surface area contributed by atoms with Gasteiger partial charge >= 0.3 is 19.5 Å². The summed E-state index contributed by atoms with van der Waals surface area (Å²) < 4.78 is 49.6. The second-order valence-corrected chi connectivity index (χ2v) is 12.3. The molecule has 0 bridgehead atoms. The van der Waals surface area contributed by atoms with Gasteiger partial charge in [-0.25, -0.2) is 16.8 Å². The van der Waals surface area contributed by atoms with Crippen LogP contribution < -0.4 is 10.2 Å². The molecule has 0 aliphatic carbocycles. The molecule has 2 rings (SSSR count). The molecule has 2 aliphatic heterocycles. The van der Waals surface area contributed by atoms with E-state index in [0.29, 0.717) is 51.6 Å². The summed E-state index contributed by atoms with van der Waals surface area (Å²) in [6.45, 7) is 4.61. The van der Waals surface area contributed by atoms with Crippen LogP contribution in [-0.2, 0) is 49.1 Å². The molecule has 2 atom stereocenters. The van der Waals surface area contributed by atoms with Crippen LogP contribution in [0.5, 0.6) is 0 Å². The van der Waals surface area contributed by atoms with Crippen LogP contribution >= 0.6 is 0 Å². The van der Waals surface area contributed by atoms with Gasteiger partial charge in [0.15, 0.2) is 0 Å². The maximum atomic E-state index is 11.9. The van der Waals surface area contributed by atoms with E-state index in [9.17, 15) is 36.6 Å². The average molecular weight is 600 g/mol. The third-order valence-corrected chi connectivity index (χ3v) is 9.59. The van der Waals surface area contributed by atoms with Crippen molar-refractivity contribution in [3.05, 3.63) is 0 Å². The second kappa shape index (κ2) is 15.4. The van der Waals surface area contributed by atoms with Crippen LogP contribution in [0.15, 0.2) is 0 Å². The van der Waals surface area contributed by atoms with Crippen molar-refractivity contribution < 1.29 is 56.1 Å². The summed E-state index contributed by atoms with van der Waals surface area (Å²) in [5.74, 6) is -2.47. The molecule has 10 nitrogen and oxygen atoms in total. The van der Waals surface area contributed by atoms with Gasteiger partial charge in [0.2, 0.25) is 20.0 Å². The van der Waals surface area contributed by atoms with Crippen molar-refractivity contribution in [2.45, 2.75) is 90.1 Å². The summed E-state index contributed by atoms with van der Waals surface area (Å²) in [7, 11) is -6.83. The number of hydrogen-bond acceptors (Lipinski definition) is 8. The number of nitrogens with zero attached hydrogens (tertiary/aromatic N) is 2. The van der Waals surface area contributed by atoms with Gasteiger partial charge in [-0.3, -0.25) is 0 Å². The molecule has 0 aromatic carbocycles. The molecular formula is C20H36N2O8RhS2. The van der Waals surface area contributed by atoms with Crippen molar-refractivity contribution in [3.63, 3.8) is 0 Å². The Morgan fingerprint density at radius 2 is 1.06 bits per heavy atom. The molecule has 2 aliphatic rings. The predicted molar refractivity (Wildman–Crippen MR) is 116 cm³/mol. The van der Waals surface area contributed by atoms with Crippen molar-refractivity contribution >= 4 is 32.0 Å². The van der Waals surface area contributed by atoms with E-state index in [1.807, 2.05) is 13.8 Å². The fourth-order valence-electron chi connectivity index (χ4n) is 3.92. The van der Waals surface area contributed by atoms with Crippen LogP contribution in [0.3, 0.4) is 0 Å². The molecule has 0 saturated carbocycles. The quantitative estimate of drug-likeness (QED) is 0.214. The fraction of sp³-hybridized carbons (Fsp3) is 0.900. The minimum absolute atomic E-state index is 0. The Morgan fingerprint density at radius 3 is 1.33 bits per heavy atom. The minimum atomic E-state index is -3.41. The molecule has 0 amide bonds. The van der Waals surface area contributed by atoms with Crippen molar-refractivity contribution in [2.24, 2.45) is 0 Å². The molecule has 0 unspecified atom stereocenters. The topological polar surface area (TPSA) is 155 Å². The Kier molecular flexibility index (Phi) is 15.1. The first-order valence-electron chi connectivity index (χ1n) is 11.4. The third-order valence-electron chi connectivity index (χ3n) is 5.68. The van der Waals surface area contributed by atoms with Crippen LogP contribution in [0.1, 0.15) is 78.1 Å². The Bertz CT molecular complexity index is 752. The van der Waals surface area contributed by atoms with Gasteiger partial charge in [-0.1, -0.05) is 39.5 Å². The van der Waals surface area contributed by atoms with E-state index in [1.165, 1.54) is 0 Å². The monoisotopic (exact) mass is 599 g/mol. The zero-order chi connectivity index (χ0) is 24.4. The maximum Gasteiger partial charge on any atom is 2.00 e. The number of aliphatic carboxylic acids is 2. The first-order chi connectivity index (χ1) is 15.0. The summed E-state index contributed by atoms with van der Waals surface area (Å²) in [5.41, 5.74) is 0. The molecule has 2 fully saturated rings. The van der Waals surface area contributed by atoms with Crippen LogP contribution in [0.2, 0.25) is 0 Å². The van der Waals surface area contributed by atoms with Crippen molar-refractivity contribution in [1.82, 2.24) is 8.61 Å². The van der Waals surface area contributed by atoms with E-state index in [4.69, 9.17) is 0 Å². The van der Waals surface area contributed by atoms with Crippen LogP contribution in [0.4, 0.5) is 0 Å². The van der Waals surface area contributed by atoms with Gasteiger partial charge in [0, 0.05) is 13.1 Å². The number of unbranched alkanes of at least 4 members (excludes halogenated alkanes) is 4. The van der Waals surface area contributed by atoms with E-state index in [2.05, 4.69) is 0 Å². The van der Waals surface area contributed by atoms with Gasteiger partial charge in [-0.2, -0.15) is 8.61 Å². The fourth-order valence-corrected chi connectivity index (χ4v) is 7.50. The van der Waals surface area contributed by atoms with Gasteiger partial charge in [0.25, 0.3) is 0 Å². The zero-order valence-corrected chi connectivity index (χ0v) is 22.6. The van der Waals surface area contributed by atoms with E-state index < -0.39 is 44.1 Å². The summed E-state index contributed by atoms with van der Waals surface area (Å²) >= 11 is 0. The van der Waals surface area contributed by atoms with Crippen molar-refractivity contribution in [3.8, 4) is 0 Å². The molecule has 195 valence electrons.